The fourth-order valence-electron chi connectivity index (χ4n) is 3.05. The zero-order valence-corrected chi connectivity index (χ0v) is 19.8. The molecule has 4 aromatic rings. The number of sulfonamides is 1. The number of rotatable bonds is 9. The average Bonchev–Trinajstić information content (AvgIpc) is 2.89. The molecule has 178 valence electrons. The number of anilines is 1. The predicted octanol–water partition coefficient (Wildman–Crippen LogP) is 4.76. The zero-order valence-electron chi connectivity index (χ0n) is 19.0. The summed E-state index contributed by atoms with van der Waals surface area (Å²) in [6, 6.07) is 21.2. The smallest absolute Gasteiger partial charge is 0.263 e. The Bertz CT molecular complexity index is 1430. The number of benzene rings is 2. The third-order valence-corrected chi connectivity index (χ3v) is 5.65. The van der Waals surface area contributed by atoms with Gasteiger partial charge in [0.1, 0.15) is 5.69 Å². The molecule has 0 aliphatic heterocycles. The highest BCUT2D eigenvalue weighted by molar-refractivity contribution is 7.95. The van der Waals surface area contributed by atoms with Gasteiger partial charge in [0.05, 0.1) is 19.6 Å². The molecule has 0 atom stereocenters. The molecular formula is C25H22N4O5S. The number of nitrogens with one attached hydrogen (secondary N) is 1. The topological polar surface area (TPSA) is 113 Å². The molecule has 35 heavy (non-hydrogen) atoms. The van der Waals surface area contributed by atoms with Crippen LogP contribution >= 0.6 is 0 Å². The lowest BCUT2D eigenvalue weighted by Gasteiger charge is -2.16. The van der Waals surface area contributed by atoms with Crippen LogP contribution in [0, 0.1) is 0 Å². The Morgan fingerprint density at radius 3 is 2.23 bits per heavy atom. The van der Waals surface area contributed by atoms with Crippen LogP contribution in [0.4, 0.5) is 5.82 Å². The molecule has 0 aliphatic carbocycles. The summed E-state index contributed by atoms with van der Waals surface area (Å²) in [5.41, 5.74) is 1.15. The summed E-state index contributed by atoms with van der Waals surface area (Å²) in [5, 5.41) is 1.05. The normalized spacial score (nSPS) is 11.3. The Kier molecular flexibility index (Phi) is 7.22. The third-order valence-electron chi connectivity index (χ3n) is 4.68. The minimum absolute atomic E-state index is 0.0105. The van der Waals surface area contributed by atoms with Gasteiger partial charge in [0.2, 0.25) is 5.75 Å². The van der Waals surface area contributed by atoms with Gasteiger partial charge in [-0.3, -0.25) is 9.71 Å². The van der Waals surface area contributed by atoms with E-state index in [2.05, 4.69) is 19.7 Å². The van der Waals surface area contributed by atoms with Crippen molar-refractivity contribution in [2.24, 2.45) is 0 Å². The molecular weight excluding hydrogens is 468 g/mol. The van der Waals surface area contributed by atoms with Crippen LogP contribution in [0.1, 0.15) is 5.56 Å². The largest absolute Gasteiger partial charge is 0.493 e. The number of aromatic nitrogens is 3. The van der Waals surface area contributed by atoms with Gasteiger partial charge in [-0.05, 0) is 35.9 Å². The minimum Gasteiger partial charge on any atom is -0.493 e. The second-order valence-electron chi connectivity index (χ2n) is 7.06. The molecule has 0 spiro atoms. The maximum Gasteiger partial charge on any atom is 0.263 e. The highest BCUT2D eigenvalue weighted by atomic mass is 32.2. The number of hydrogen-bond acceptors (Lipinski definition) is 8. The van der Waals surface area contributed by atoms with Crippen LogP contribution in [0.2, 0.25) is 0 Å². The van der Waals surface area contributed by atoms with Crippen LogP contribution in [0.3, 0.4) is 0 Å². The van der Waals surface area contributed by atoms with Crippen molar-refractivity contribution in [3.63, 3.8) is 0 Å². The maximum atomic E-state index is 13.0. The molecule has 0 aliphatic rings. The highest BCUT2D eigenvalue weighted by Crippen LogP contribution is 2.41. The second kappa shape index (κ2) is 10.7. The van der Waals surface area contributed by atoms with Crippen LogP contribution in [0.25, 0.3) is 17.6 Å². The maximum absolute atomic E-state index is 13.0. The summed E-state index contributed by atoms with van der Waals surface area (Å²) >= 11 is 0. The molecule has 0 radical (unpaired) electrons. The van der Waals surface area contributed by atoms with Crippen LogP contribution in [-0.2, 0) is 10.0 Å². The van der Waals surface area contributed by atoms with E-state index < -0.39 is 10.0 Å². The third kappa shape index (κ3) is 5.92. The van der Waals surface area contributed by atoms with Gasteiger partial charge in [0, 0.05) is 6.20 Å². The highest BCUT2D eigenvalue weighted by Gasteiger charge is 2.23. The Labute approximate surface area is 203 Å². The number of nitrogens with zero attached hydrogens (tertiary/aromatic N) is 3. The van der Waals surface area contributed by atoms with Crippen LogP contribution in [-0.4, -0.2) is 37.6 Å². The van der Waals surface area contributed by atoms with Crippen molar-refractivity contribution < 1.29 is 22.6 Å². The summed E-state index contributed by atoms with van der Waals surface area (Å²) in [5.74, 6) is 0.759. The molecule has 2 aromatic heterocycles. The van der Waals surface area contributed by atoms with Crippen molar-refractivity contribution in [1.29, 1.82) is 0 Å². The van der Waals surface area contributed by atoms with Crippen molar-refractivity contribution in [2.45, 2.75) is 0 Å². The average molecular weight is 491 g/mol. The summed E-state index contributed by atoms with van der Waals surface area (Å²) in [4.78, 5) is 13.0. The molecule has 0 amide bonds. The van der Waals surface area contributed by atoms with Gasteiger partial charge in [0.25, 0.3) is 15.9 Å². The molecule has 10 heteroatoms. The fraction of sp³-hybridized carbons (Fsp3) is 0.0800. The SMILES string of the molecule is COc1ccccc1Oc1c(NS(=O)(=O)/C=C/c2ccccc2)nc(-c2ccccn2)nc1OC. The van der Waals surface area contributed by atoms with E-state index >= 15 is 0 Å². The zero-order chi connectivity index (χ0) is 24.7. The van der Waals surface area contributed by atoms with Gasteiger partial charge in [-0.2, -0.15) is 4.98 Å². The Hall–Kier alpha value is -4.44. The fourth-order valence-corrected chi connectivity index (χ4v) is 3.87. The van der Waals surface area contributed by atoms with Crippen LogP contribution < -0.4 is 18.9 Å². The van der Waals surface area contributed by atoms with Gasteiger partial charge < -0.3 is 14.2 Å². The lowest BCUT2D eigenvalue weighted by atomic mass is 10.2. The van der Waals surface area contributed by atoms with E-state index in [9.17, 15) is 8.42 Å². The van der Waals surface area contributed by atoms with Gasteiger partial charge in [-0.1, -0.05) is 48.5 Å². The molecule has 4 rings (SSSR count). The standard InChI is InChI=1S/C25H22N4O5S/c1-32-20-13-6-7-14-21(20)34-22-24(29-35(30,31)17-15-18-10-4-3-5-11-18)27-23(28-25(22)33-2)19-12-8-9-16-26-19/h3-17H,1-2H3,(H,27,28,29)/b17-15+. The van der Waals surface area contributed by atoms with E-state index in [1.165, 1.54) is 20.3 Å². The van der Waals surface area contributed by atoms with E-state index in [4.69, 9.17) is 14.2 Å². The van der Waals surface area contributed by atoms with Gasteiger partial charge in [0.15, 0.2) is 23.1 Å². The number of ether oxygens (including phenoxy) is 3. The molecule has 2 heterocycles. The number of hydrogen-bond donors (Lipinski definition) is 1. The molecule has 2 aromatic carbocycles. The molecule has 9 nitrogen and oxygen atoms in total. The van der Waals surface area contributed by atoms with E-state index in [0.29, 0.717) is 17.2 Å². The van der Waals surface area contributed by atoms with E-state index in [-0.39, 0.29) is 23.3 Å². The minimum atomic E-state index is -4.00. The molecule has 0 saturated carbocycles. The second-order valence-corrected chi connectivity index (χ2v) is 8.63. The van der Waals surface area contributed by atoms with E-state index in [0.717, 1.165) is 11.0 Å². The quantitative estimate of drug-likeness (QED) is 0.357. The molecule has 0 saturated heterocycles. The van der Waals surface area contributed by atoms with Gasteiger partial charge in [-0.25, -0.2) is 13.4 Å². The summed E-state index contributed by atoms with van der Waals surface area (Å²) < 4.78 is 45.2. The van der Waals surface area contributed by atoms with Crippen molar-refractivity contribution in [1.82, 2.24) is 15.0 Å². The first-order valence-electron chi connectivity index (χ1n) is 10.4. The van der Waals surface area contributed by atoms with Crippen molar-refractivity contribution in [3.8, 4) is 34.6 Å². The first-order valence-corrected chi connectivity index (χ1v) is 12.0. The van der Waals surface area contributed by atoms with Crippen LogP contribution in [0.15, 0.2) is 84.4 Å². The van der Waals surface area contributed by atoms with Crippen molar-refractivity contribution >= 4 is 21.9 Å². The first-order chi connectivity index (χ1) is 17.0. The number of para-hydroxylation sites is 2. The van der Waals surface area contributed by atoms with Gasteiger partial charge in [-0.15, -0.1) is 0 Å². The molecule has 0 bridgehead atoms. The van der Waals surface area contributed by atoms with Gasteiger partial charge >= 0.3 is 0 Å². The summed E-state index contributed by atoms with van der Waals surface area (Å²) in [6.07, 6.45) is 3.05. The first kappa shape index (κ1) is 23.7. The van der Waals surface area contributed by atoms with Crippen LogP contribution in [0.5, 0.6) is 23.1 Å². The lowest BCUT2D eigenvalue weighted by Crippen LogP contribution is -2.13. The van der Waals surface area contributed by atoms with E-state index in [1.54, 1.807) is 60.8 Å². The Balaban J connectivity index is 1.79. The predicted molar refractivity (Wildman–Crippen MR) is 133 cm³/mol. The lowest BCUT2D eigenvalue weighted by molar-refractivity contribution is 0.348. The summed E-state index contributed by atoms with van der Waals surface area (Å²) in [6.45, 7) is 0. The molecule has 1 N–H and O–H groups in total. The summed E-state index contributed by atoms with van der Waals surface area (Å²) in [7, 11) is -1.10. The monoisotopic (exact) mass is 490 g/mol. The Morgan fingerprint density at radius 1 is 0.829 bits per heavy atom. The molecule has 0 fully saturated rings. The Morgan fingerprint density at radius 2 is 1.54 bits per heavy atom. The number of methoxy groups -OCH3 is 2. The van der Waals surface area contributed by atoms with E-state index in [1.807, 2.05) is 18.2 Å². The molecule has 0 unspecified atom stereocenters. The van der Waals surface area contributed by atoms with Crippen molar-refractivity contribution in [3.05, 3.63) is 90.0 Å². The van der Waals surface area contributed by atoms with Crippen molar-refractivity contribution in [2.75, 3.05) is 18.9 Å². The number of pyridine rings is 1.